The van der Waals surface area contributed by atoms with Crippen molar-refractivity contribution in [2.24, 2.45) is 0 Å². The summed E-state index contributed by atoms with van der Waals surface area (Å²) in [6, 6.07) is 10.2. The molecule has 7 heteroatoms. The van der Waals surface area contributed by atoms with Crippen LogP contribution in [-0.2, 0) is 13.1 Å². The van der Waals surface area contributed by atoms with Crippen LogP contribution in [0.4, 0.5) is 0 Å². The lowest BCUT2D eigenvalue weighted by Gasteiger charge is -2.34. The minimum Gasteiger partial charge on any atom is -0.497 e. The first-order valence-electron chi connectivity index (χ1n) is 9.39. The number of ether oxygens (including phenoxy) is 2. The first-order valence-corrected chi connectivity index (χ1v) is 11.1. The Kier molecular flexibility index (Phi) is 6.26. The molecule has 1 aliphatic heterocycles. The maximum absolute atomic E-state index is 5.52. The van der Waals surface area contributed by atoms with Gasteiger partial charge >= 0.3 is 0 Å². The highest BCUT2D eigenvalue weighted by Crippen LogP contribution is 2.29. The molecule has 0 radical (unpaired) electrons. The van der Waals surface area contributed by atoms with E-state index in [-0.39, 0.29) is 0 Å². The van der Waals surface area contributed by atoms with Crippen LogP contribution in [0.15, 0.2) is 41.1 Å². The number of benzene rings is 1. The molecule has 0 amide bonds. The zero-order valence-electron chi connectivity index (χ0n) is 16.3. The zero-order valence-corrected chi connectivity index (χ0v) is 17.9. The van der Waals surface area contributed by atoms with Gasteiger partial charge in [-0.25, -0.2) is 4.98 Å². The highest BCUT2D eigenvalue weighted by Gasteiger charge is 2.19. The van der Waals surface area contributed by atoms with Gasteiger partial charge < -0.3 is 9.47 Å². The van der Waals surface area contributed by atoms with Gasteiger partial charge in [0.15, 0.2) is 0 Å². The summed E-state index contributed by atoms with van der Waals surface area (Å²) in [6.45, 7) is 6.01. The molecule has 4 rings (SSSR count). The summed E-state index contributed by atoms with van der Waals surface area (Å²) in [6.07, 6.45) is 0. The lowest BCUT2D eigenvalue weighted by Crippen LogP contribution is -2.45. The van der Waals surface area contributed by atoms with E-state index in [1.165, 1.54) is 16.1 Å². The van der Waals surface area contributed by atoms with Crippen molar-refractivity contribution in [2.75, 3.05) is 40.4 Å². The van der Waals surface area contributed by atoms with E-state index in [1.807, 2.05) is 12.1 Å². The van der Waals surface area contributed by atoms with Crippen molar-refractivity contribution in [2.45, 2.75) is 13.1 Å². The Bertz CT molecular complexity index is 887. The molecular weight excluding hydrogens is 390 g/mol. The van der Waals surface area contributed by atoms with E-state index in [0.29, 0.717) is 0 Å². The second-order valence-electron chi connectivity index (χ2n) is 6.85. The number of rotatable bonds is 7. The van der Waals surface area contributed by atoms with E-state index >= 15 is 0 Å². The molecule has 3 heterocycles. The average Bonchev–Trinajstić information content (AvgIpc) is 3.41. The maximum atomic E-state index is 5.52. The van der Waals surface area contributed by atoms with Crippen LogP contribution in [0.1, 0.15) is 11.3 Å². The Balaban J connectivity index is 1.31. The number of piperazine rings is 1. The minimum absolute atomic E-state index is 0.875. The van der Waals surface area contributed by atoms with Crippen LogP contribution in [0.25, 0.3) is 9.88 Å². The summed E-state index contributed by atoms with van der Waals surface area (Å²) in [5.74, 6) is 1.80. The van der Waals surface area contributed by atoms with Gasteiger partial charge in [-0.3, -0.25) is 9.80 Å². The molecule has 28 heavy (non-hydrogen) atoms. The van der Waals surface area contributed by atoms with Crippen LogP contribution in [0.5, 0.6) is 11.5 Å². The van der Waals surface area contributed by atoms with Crippen molar-refractivity contribution in [3.8, 4) is 21.4 Å². The second kappa shape index (κ2) is 9.05. The molecule has 0 spiro atoms. The van der Waals surface area contributed by atoms with Crippen molar-refractivity contribution in [1.82, 2.24) is 14.8 Å². The quantitative estimate of drug-likeness (QED) is 0.578. The van der Waals surface area contributed by atoms with Gasteiger partial charge in [-0.1, -0.05) is 6.07 Å². The topological polar surface area (TPSA) is 37.8 Å². The first kappa shape index (κ1) is 19.4. The van der Waals surface area contributed by atoms with Crippen LogP contribution in [-0.4, -0.2) is 55.2 Å². The van der Waals surface area contributed by atoms with Crippen molar-refractivity contribution >= 4 is 22.7 Å². The summed E-state index contributed by atoms with van der Waals surface area (Å²) in [7, 11) is 3.42. The van der Waals surface area contributed by atoms with Gasteiger partial charge in [-0.15, -0.1) is 22.7 Å². The van der Waals surface area contributed by atoms with Gasteiger partial charge in [0.05, 0.1) is 24.8 Å². The van der Waals surface area contributed by atoms with E-state index in [4.69, 9.17) is 14.5 Å². The molecule has 2 aromatic heterocycles. The van der Waals surface area contributed by atoms with Gasteiger partial charge in [0, 0.05) is 50.2 Å². The molecular formula is C21H25N3O2S2. The summed E-state index contributed by atoms with van der Waals surface area (Å²) in [5, 5.41) is 5.43. The Morgan fingerprint density at radius 2 is 1.75 bits per heavy atom. The monoisotopic (exact) mass is 415 g/mol. The minimum atomic E-state index is 0.875. The lowest BCUT2D eigenvalue weighted by molar-refractivity contribution is 0.120. The lowest BCUT2D eigenvalue weighted by atomic mass is 10.1. The molecule has 0 saturated carbocycles. The molecule has 1 aromatic carbocycles. The van der Waals surface area contributed by atoms with E-state index < -0.39 is 0 Å². The van der Waals surface area contributed by atoms with Gasteiger partial charge in [0.2, 0.25) is 0 Å². The average molecular weight is 416 g/mol. The Morgan fingerprint density at radius 3 is 2.43 bits per heavy atom. The van der Waals surface area contributed by atoms with Crippen LogP contribution in [0, 0.1) is 0 Å². The second-order valence-corrected chi connectivity index (χ2v) is 8.66. The zero-order chi connectivity index (χ0) is 19.3. The Morgan fingerprint density at radius 1 is 0.964 bits per heavy atom. The third-order valence-corrected chi connectivity index (χ3v) is 6.95. The van der Waals surface area contributed by atoms with Crippen LogP contribution in [0.2, 0.25) is 0 Å². The number of thiazole rings is 1. The Hall–Kier alpha value is -1.93. The fourth-order valence-corrected chi connectivity index (χ4v) is 5.10. The summed E-state index contributed by atoms with van der Waals surface area (Å²) < 4.78 is 10.9. The number of methoxy groups -OCH3 is 2. The third-order valence-electron chi connectivity index (χ3n) is 5.02. The molecule has 1 saturated heterocycles. The van der Waals surface area contributed by atoms with Crippen LogP contribution < -0.4 is 9.47 Å². The number of aromatic nitrogens is 1. The van der Waals surface area contributed by atoms with Crippen molar-refractivity contribution in [1.29, 1.82) is 0 Å². The van der Waals surface area contributed by atoms with Crippen molar-refractivity contribution < 1.29 is 9.47 Å². The SMILES string of the molecule is COc1ccc(OC)c(CN2CCN(Cc3csc(-c4cccs4)n3)CC2)c1. The predicted molar refractivity (Wildman–Crippen MR) is 116 cm³/mol. The van der Waals surface area contributed by atoms with Crippen LogP contribution >= 0.6 is 22.7 Å². The molecule has 3 aromatic rings. The largest absolute Gasteiger partial charge is 0.497 e. The normalized spacial score (nSPS) is 15.6. The van der Waals surface area contributed by atoms with Gasteiger partial charge in [0.1, 0.15) is 16.5 Å². The van der Waals surface area contributed by atoms with E-state index in [2.05, 4.69) is 38.8 Å². The summed E-state index contributed by atoms with van der Waals surface area (Å²) in [4.78, 5) is 11.0. The molecule has 0 unspecified atom stereocenters. The van der Waals surface area contributed by atoms with Gasteiger partial charge in [-0.05, 0) is 29.6 Å². The smallest absolute Gasteiger partial charge is 0.133 e. The van der Waals surface area contributed by atoms with Crippen LogP contribution in [0.3, 0.4) is 0 Å². The molecule has 148 valence electrons. The maximum Gasteiger partial charge on any atom is 0.133 e. The fourth-order valence-electron chi connectivity index (χ4n) is 3.47. The van der Waals surface area contributed by atoms with Gasteiger partial charge in [-0.2, -0.15) is 0 Å². The number of hydrogen-bond donors (Lipinski definition) is 0. The van der Waals surface area contributed by atoms with E-state index in [1.54, 1.807) is 36.9 Å². The highest BCUT2D eigenvalue weighted by atomic mass is 32.1. The van der Waals surface area contributed by atoms with E-state index in [0.717, 1.165) is 55.8 Å². The summed E-state index contributed by atoms with van der Waals surface area (Å²) >= 11 is 3.49. The molecule has 1 aliphatic rings. The van der Waals surface area contributed by atoms with Crippen molar-refractivity contribution in [3.63, 3.8) is 0 Å². The standard InChI is InChI=1S/C21H25N3O2S2/c1-25-18-5-6-19(26-2)16(12-18)13-23-7-9-24(10-8-23)14-17-15-28-21(22-17)20-4-3-11-27-20/h3-6,11-12,15H,7-10,13-14H2,1-2H3. The number of hydrogen-bond acceptors (Lipinski definition) is 7. The first-order chi connectivity index (χ1) is 13.7. The highest BCUT2D eigenvalue weighted by molar-refractivity contribution is 7.20. The van der Waals surface area contributed by atoms with E-state index in [9.17, 15) is 0 Å². The molecule has 1 fully saturated rings. The molecule has 0 atom stereocenters. The number of thiophene rings is 1. The molecule has 0 N–H and O–H groups in total. The molecule has 0 aliphatic carbocycles. The van der Waals surface area contributed by atoms with Gasteiger partial charge in [0.25, 0.3) is 0 Å². The fraction of sp³-hybridized carbons (Fsp3) is 0.381. The molecule has 0 bridgehead atoms. The Labute approximate surface area is 174 Å². The third kappa shape index (κ3) is 4.55. The number of nitrogens with zero attached hydrogens (tertiary/aromatic N) is 3. The summed E-state index contributed by atoms with van der Waals surface area (Å²) in [5.41, 5.74) is 2.35. The predicted octanol–water partition coefficient (Wildman–Crippen LogP) is 4.21. The molecule has 5 nitrogen and oxygen atoms in total. The van der Waals surface area contributed by atoms with Crippen molar-refractivity contribution in [3.05, 3.63) is 52.3 Å².